The molecule has 0 fully saturated rings. The molecule has 2 nitrogen and oxygen atoms in total. The summed E-state index contributed by atoms with van der Waals surface area (Å²) in [7, 11) is 0. The lowest BCUT2D eigenvalue weighted by Crippen LogP contribution is -2.09. The van der Waals surface area contributed by atoms with E-state index in [0.29, 0.717) is 40.1 Å². The zero-order chi connectivity index (χ0) is 18.0. The fourth-order valence-corrected chi connectivity index (χ4v) is 2.78. The van der Waals surface area contributed by atoms with Crippen molar-refractivity contribution in [2.45, 2.75) is 6.18 Å². The molecule has 130 valence electrons. The lowest BCUT2D eigenvalue weighted by atomic mass is 10.0. The third kappa shape index (κ3) is 4.17. The maximum absolute atomic E-state index is 12.9. The zero-order valence-corrected chi connectivity index (χ0v) is 14.4. The first kappa shape index (κ1) is 17.8. The Kier molecular flexibility index (Phi) is 5.06. The van der Waals surface area contributed by atoms with Gasteiger partial charge in [0.2, 0.25) is 0 Å². The molecule has 3 rings (SSSR count). The van der Waals surface area contributed by atoms with Crippen molar-refractivity contribution in [3.05, 3.63) is 69.2 Å². The predicted molar refractivity (Wildman–Crippen MR) is 96.8 cm³/mol. The van der Waals surface area contributed by atoms with Crippen LogP contribution in [0.3, 0.4) is 0 Å². The number of hydrogen-bond donors (Lipinski definition) is 1. The van der Waals surface area contributed by atoms with Gasteiger partial charge < -0.3 is 5.32 Å². The monoisotopic (exact) mass is 384 g/mol. The Morgan fingerprint density at radius 2 is 1.80 bits per heavy atom. The fourth-order valence-electron chi connectivity index (χ4n) is 2.48. The number of benzodiazepines with no additional fused rings is 1. The first-order valence-corrected chi connectivity index (χ1v) is 8.23. The van der Waals surface area contributed by atoms with Crippen molar-refractivity contribution in [1.29, 1.82) is 0 Å². The minimum atomic E-state index is -4.38. The largest absolute Gasteiger partial charge is 0.416 e. The van der Waals surface area contributed by atoms with E-state index < -0.39 is 11.7 Å². The second-order valence-electron chi connectivity index (χ2n) is 5.46. The Morgan fingerprint density at radius 3 is 2.52 bits per heavy atom. The molecule has 0 aliphatic carbocycles. The van der Waals surface area contributed by atoms with E-state index in [1.807, 2.05) is 0 Å². The number of hydrogen-bond acceptors (Lipinski definition) is 2. The molecule has 0 unspecified atom stereocenters. The third-order valence-corrected chi connectivity index (χ3v) is 4.45. The van der Waals surface area contributed by atoms with Crippen molar-refractivity contribution < 1.29 is 13.2 Å². The summed E-state index contributed by atoms with van der Waals surface area (Å²) in [4.78, 5) is 4.44. The Bertz CT molecular complexity index is 858. The van der Waals surface area contributed by atoms with Gasteiger partial charge in [0.1, 0.15) is 0 Å². The molecular formula is C18H13Cl2F3N2. The predicted octanol–water partition coefficient (Wildman–Crippen LogP) is 5.94. The van der Waals surface area contributed by atoms with Gasteiger partial charge in [0.25, 0.3) is 0 Å². The van der Waals surface area contributed by atoms with Crippen LogP contribution in [0.5, 0.6) is 0 Å². The van der Waals surface area contributed by atoms with E-state index in [1.165, 1.54) is 6.07 Å². The molecule has 1 aliphatic rings. The molecule has 2 aromatic carbocycles. The number of aliphatic imine (C=N–C) groups is 1. The molecule has 1 aliphatic heterocycles. The van der Waals surface area contributed by atoms with Crippen LogP contribution in [0, 0.1) is 0 Å². The first-order chi connectivity index (χ1) is 11.8. The molecule has 0 saturated heterocycles. The van der Waals surface area contributed by atoms with Crippen molar-refractivity contribution in [3.63, 3.8) is 0 Å². The van der Waals surface area contributed by atoms with E-state index in [1.54, 1.807) is 30.4 Å². The summed E-state index contributed by atoms with van der Waals surface area (Å²) >= 11 is 11.9. The van der Waals surface area contributed by atoms with Gasteiger partial charge in [0.15, 0.2) is 0 Å². The van der Waals surface area contributed by atoms with Crippen molar-refractivity contribution in [2.75, 3.05) is 18.4 Å². The van der Waals surface area contributed by atoms with Crippen molar-refractivity contribution in [2.24, 2.45) is 4.99 Å². The van der Waals surface area contributed by atoms with E-state index in [0.717, 1.165) is 17.7 Å². The van der Waals surface area contributed by atoms with Crippen LogP contribution in [0.25, 0.3) is 6.08 Å². The number of anilines is 1. The summed E-state index contributed by atoms with van der Waals surface area (Å²) in [6, 6.07) is 8.81. The second-order valence-corrected chi connectivity index (χ2v) is 6.27. The van der Waals surface area contributed by atoms with Gasteiger partial charge in [-0.2, -0.15) is 13.2 Å². The van der Waals surface area contributed by atoms with E-state index >= 15 is 0 Å². The summed E-state index contributed by atoms with van der Waals surface area (Å²) in [5, 5.41) is 3.89. The van der Waals surface area contributed by atoms with Gasteiger partial charge in [-0.15, -0.1) is 0 Å². The minimum Gasteiger partial charge on any atom is -0.383 e. The molecule has 0 aromatic heterocycles. The average Bonchev–Trinajstić information content (AvgIpc) is 2.76. The number of nitrogens with zero attached hydrogens (tertiary/aromatic N) is 1. The van der Waals surface area contributed by atoms with Gasteiger partial charge >= 0.3 is 6.18 Å². The molecule has 1 heterocycles. The van der Waals surface area contributed by atoms with Crippen LogP contribution in [0.1, 0.15) is 16.7 Å². The number of allylic oxidation sites excluding steroid dienone is 1. The number of fused-ring (bicyclic) bond motifs is 1. The van der Waals surface area contributed by atoms with Crippen LogP contribution in [0.4, 0.5) is 18.9 Å². The SMILES string of the molecule is FC(F)(F)c1ccc2c(c1)NCCN=C2C=Cc1ccc(Cl)c(Cl)c1. The van der Waals surface area contributed by atoms with Gasteiger partial charge in [-0.05, 0) is 35.9 Å². The highest BCUT2D eigenvalue weighted by Gasteiger charge is 2.31. The minimum absolute atomic E-state index is 0.421. The molecule has 0 saturated carbocycles. The normalized spacial score (nSPS) is 14.7. The summed E-state index contributed by atoms with van der Waals surface area (Å²) < 4.78 is 38.7. The Balaban J connectivity index is 1.94. The molecule has 25 heavy (non-hydrogen) atoms. The average molecular weight is 385 g/mol. The van der Waals surface area contributed by atoms with Gasteiger partial charge in [-0.1, -0.05) is 41.4 Å². The highest BCUT2D eigenvalue weighted by Crippen LogP contribution is 2.33. The Morgan fingerprint density at radius 1 is 1.00 bits per heavy atom. The lowest BCUT2D eigenvalue weighted by molar-refractivity contribution is -0.137. The van der Waals surface area contributed by atoms with Gasteiger partial charge in [0, 0.05) is 17.8 Å². The summed E-state index contributed by atoms with van der Waals surface area (Å²) in [5.74, 6) is 0. The Hall–Kier alpha value is -1.98. The van der Waals surface area contributed by atoms with Gasteiger partial charge in [-0.25, -0.2) is 0 Å². The van der Waals surface area contributed by atoms with Crippen LogP contribution in [0.2, 0.25) is 10.0 Å². The van der Waals surface area contributed by atoms with E-state index in [4.69, 9.17) is 23.2 Å². The van der Waals surface area contributed by atoms with Gasteiger partial charge in [0.05, 0.1) is 27.9 Å². The molecular weight excluding hydrogens is 372 g/mol. The molecule has 0 amide bonds. The number of nitrogens with one attached hydrogen (secondary N) is 1. The van der Waals surface area contributed by atoms with Crippen LogP contribution >= 0.6 is 23.2 Å². The second kappa shape index (κ2) is 7.10. The van der Waals surface area contributed by atoms with Crippen LogP contribution in [0.15, 0.2) is 47.5 Å². The zero-order valence-electron chi connectivity index (χ0n) is 12.9. The Labute approximate surface area is 153 Å². The van der Waals surface area contributed by atoms with E-state index in [9.17, 15) is 13.2 Å². The van der Waals surface area contributed by atoms with Crippen LogP contribution < -0.4 is 5.32 Å². The van der Waals surface area contributed by atoms with Gasteiger partial charge in [-0.3, -0.25) is 4.99 Å². The molecule has 0 radical (unpaired) electrons. The summed E-state index contributed by atoms with van der Waals surface area (Å²) in [5.41, 5.74) is 1.79. The maximum Gasteiger partial charge on any atom is 0.416 e. The third-order valence-electron chi connectivity index (χ3n) is 3.71. The number of halogens is 5. The summed E-state index contributed by atoms with van der Waals surface area (Å²) in [6.07, 6.45) is -0.817. The van der Waals surface area contributed by atoms with E-state index in [-0.39, 0.29) is 0 Å². The van der Waals surface area contributed by atoms with E-state index in [2.05, 4.69) is 10.3 Å². The molecule has 0 atom stereocenters. The van der Waals surface area contributed by atoms with Crippen molar-refractivity contribution in [1.82, 2.24) is 0 Å². The topological polar surface area (TPSA) is 24.4 Å². The molecule has 0 bridgehead atoms. The lowest BCUT2D eigenvalue weighted by Gasteiger charge is -2.12. The standard InChI is InChI=1S/C18H13Cl2F3N2/c19-14-5-1-11(9-15(14)20)2-6-16-13-4-3-12(18(21,22)23)10-17(13)25-8-7-24-16/h1-6,9-10,25H,7-8H2. The highest BCUT2D eigenvalue weighted by molar-refractivity contribution is 6.42. The number of alkyl halides is 3. The highest BCUT2D eigenvalue weighted by atomic mass is 35.5. The smallest absolute Gasteiger partial charge is 0.383 e. The molecule has 7 heteroatoms. The number of rotatable bonds is 2. The molecule has 1 N–H and O–H groups in total. The molecule has 0 spiro atoms. The number of benzene rings is 2. The quantitative estimate of drug-likeness (QED) is 0.680. The van der Waals surface area contributed by atoms with Crippen LogP contribution in [-0.2, 0) is 6.18 Å². The molecule has 2 aromatic rings. The van der Waals surface area contributed by atoms with Crippen molar-refractivity contribution >= 4 is 40.7 Å². The fraction of sp³-hybridized carbons (Fsp3) is 0.167. The maximum atomic E-state index is 12.9. The van der Waals surface area contributed by atoms with Crippen molar-refractivity contribution in [3.8, 4) is 0 Å². The van der Waals surface area contributed by atoms with Crippen LogP contribution in [-0.4, -0.2) is 18.8 Å². The summed E-state index contributed by atoms with van der Waals surface area (Å²) in [6.45, 7) is 0.940. The first-order valence-electron chi connectivity index (χ1n) is 7.48.